The summed E-state index contributed by atoms with van der Waals surface area (Å²) in [5.41, 5.74) is 5.37. The molecule has 0 radical (unpaired) electrons. The number of carbonyl (C=O) groups is 1. The molecule has 6 nitrogen and oxygen atoms in total. The maximum absolute atomic E-state index is 11.2. The van der Waals surface area contributed by atoms with E-state index in [9.17, 15) is 4.79 Å². The van der Waals surface area contributed by atoms with Gasteiger partial charge < -0.3 is 16.4 Å². The second-order valence-electron chi connectivity index (χ2n) is 3.05. The molecule has 0 atom stereocenters. The van der Waals surface area contributed by atoms with Crippen LogP contribution in [0.15, 0.2) is 12.1 Å². The standard InChI is InChI=1S/C9H15N5O/c1-2-5-11-9(15)6-12-8-4-3-7(10)13-14-8/h3-4H,2,5-6H2,1H3,(H2,10,13)(H,11,15)(H,12,14). The zero-order valence-electron chi connectivity index (χ0n) is 8.66. The number of hydrogen-bond donors (Lipinski definition) is 3. The van der Waals surface area contributed by atoms with Crippen molar-refractivity contribution in [3.63, 3.8) is 0 Å². The summed E-state index contributed by atoms with van der Waals surface area (Å²) in [6.45, 7) is 2.88. The van der Waals surface area contributed by atoms with E-state index in [1.165, 1.54) is 0 Å². The van der Waals surface area contributed by atoms with E-state index in [1.807, 2.05) is 6.92 Å². The van der Waals surface area contributed by atoms with E-state index < -0.39 is 0 Å². The third-order valence-electron chi connectivity index (χ3n) is 1.69. The molecule has 1 amide bonds. The molecule has 0 unspecified atom stereocenters. The molecule has 0 fully saturated rings. The SMILES string of the molecule is CCCNC(=O)CNc1ccc(N)nn1. The van der Waals surface area contributed by atoms with Crippen molar-refractivity contribution in [1.29, 1.82) is 0 Å². The van der Waals surface area contributed by atoms with Gasteiger partial charge >= 0.3 is 0 Å². The first-order valence-corrected chi connectivity index (χ1v) is 4.82. The van der Waals surface area contributed by atoms with Gasteiger partial charge in [-0.15, -0.1) is 10.2 Å². The smallest absolute Gasteiger partial charge is 0.239 e. The third-order valence-corrected chi connectivity index (χ3v) is 1.69. The topological polar surface area (TPSA) is 92.9 Å². The Bertz CT molecular complexity index is 311. The Morgan fingerprint density at radius 1 is 1.47 bits per heavy atom. The fourth-order valence-electron chi connectivity index (χ4n) is 0.935. The minimum atomic E-state index is -0.0597. The average Bonchev–Trinajstić information content (AvgIpc) is 2.25. The van der Waals surface area contributed by atoms with Crippen molar-refractivity contribution in [2.75, 3.05) is 24.1 Å². The lowest BCUT2D eigenvalue weighted by Gasteiger charge is -2.05. The van der Waals surface area contributed by atoms with Crippen LogP contribution in [0.5, 0.6) is 0 Å². The quantitative estimate of drug-likeness (QED) is 0.634. The Balaban J connectivity index is 2.30. The Kier molecular flexibility index (Phi) is 4.33. The summed E-state index contributed by atoms with van der Waals surface area (Å²) in [5, 5.41) is 13.0. The minimum Gasteiger partial charge on any atom is -0.382 e. The number of hydrogen-bond acceptors (Lipinski definition) is 5. The lowest BCUT2D eigenvalue weighted by Crippen LogP contribution is -2.30. The normalized spacial score (nSPS) is 9.67. The molecule has 0 saturated carbocycles. The van der Waals surface area contributed by atoms with Gasteiger partial charge in [0.25, 0.3) is 0 Å². The Hall–Kier alpha value is -1.85. The van der Waals surface area contributed by atoms with Crippen LogP contribution >= 0.6 is 0 Å². The third kappa shape index (κ3) is 4.26. The predicted octanol–water partition coefficient (Wildman–Crippen LogP) is -0.00310. The number of amides is 1. The Morgan fingerprint density at radius 3 is 2.87 bits per heavy atom. The van der Waals surface area contributed by atoms with E-state index in [0.717, 1.165) is 6.42 Å². The highest BCUT2D eigenvalue weighted by Crippen LogP contribution is 2.01. The first-order valence-electron chi connectivity index (χ1n) is 4.82. The van der Waals surface area contributed by atoms with Gasteiger partial charge in [0.2, 0.25) is 5.91 Å². The van der Waals surface area contributed by atoms with Gasteiger partial charge in [-0.2, -0.15) is 0 Å². The zero-order chi connectivity index (χ0) is 11.1. The van der Waals surface area contributed by atoms with E-state index in [0.29, 0.717) is 18.2 Å². The highest BCUT2D eigenvalue weighted by Gasteiger charge is 2.00. The summed E-state index contributed by atoms with van der Waals surface area (Å²) in [5.74, 6) is 0.835. The molecule has 1 aromatic rings. The van der Waals surface area contributed by atoms with Crippen molar-refractivity contribution in [3.8, 4) is 0 Å². The monoisotopic (exact) mass is 209 g/mol. The van der Waals surface area contributed by atoms with Gasteiger partial charge in [0.05, 0.1) is 6.54 Å². The van der Waals surface area contributed by atoms with Crippen LogP contribution in [0.1, 0.15) is 13.3 Å². The second-order valence-corrected chi connectivity index (χ2v) is 3.05. The highest BCUT2D eigenvalue weighted by atomic mass is 16.1. The molecule has 0 aromatic carbocycles. The molecule has 0 saturated heterocycles. The highest BCUT2D eigenvalue weighted by molar-refractivity contribution is 5.80. The summed E-state index contributed by atoms with van der Waals surface area (Å²) in [6.07, 6.45) is 0.924. The number of nitrogens with one attached hydrogen (secondary N) is 2. The van der Waals surface area contributed by atoms with Crippen molar-refractivity contribution in [3.05, 3.63) is 12.1 Å². The van der Waals surface area contributed by atoms with Crippen LogP contribution in [0.4, 0.5) is 11.6 Å². The molecule has 1 heterocycles. The molecule has 1 aromatic heterocycles. The number of nitrogen functional groups attached to an aromatic ring is 1. The molecule has 0 bridgehead atoms. The number of anilines is 2. The van der Waals surface area contributed by atoms with E-state index in [1.54, 1.807) is 12.1 Å². The van der Waals surface area contributed by atoms with Crippen molar-refractivity contribution in [2.45, 2.75) is 13.3 Å². The largest absolute Gasteiger partial charge is 0.382 e. The summed E-state index contributed by atoms with van der Waals surface area (Å²) >= 11 is 0. The molecule has 6 heteroatoms. The van der Waals surface area contributed by atoms with Crippen molar-refractivity contribution in [2.24, 2.45) is 0 Å². The van der Waals surface area contributed by atoms with E-state index in [2.05, 4.69) is 20.8 Å². The molecular formula is C9H15N5O. The fourth-order valence-corrected chi connectivity index (χ4v) is 0.935. The van der Waals surface area contributed by atoms with E-state index in [4.69, 9.17) is 5.73 Å². The van der Waals surface area contributed by atoms with Crippen molar-refractivity contribution >= 4 is 17.5 Å². The van der Waals surface area contributed by atoms with Crippen LogP contribution < -0.4 is 16.4 Å². The maximum Gasteiger partial charge on any atom is 0.239 e. The Labute approximate surface area is 88.3 Å². The lowest BCUT2D eigenvalue weighted by molar-refractivity contribution is -0.119. The summed E-state index contributed by atoms with van der Waals surface area (Å²) in [4.78, 5) is 11.2. The lowest BCUT2D eigenvalue weighted by atomic mass is 10.4. The molecule has 15 heavy (non-hydrogen) atoms. The van der Waals surface area contributed by atoms with Gasteiger partial charge in [0, 0.05) is 6.54 Å². The van der Waals surface area contributed by atoms with Crippen LogP contribution in [0, 0.1) is 0 Å². The van der Waals surface area contributed by atoms with Gasteiger partial charge in [-0.05, 0) is 18.6 Å². The molecule has 82 valence electrons. The molecule has 1 rings (SSSR count). The van der Waals surface area contributed by atoms with Crippen molar-refractivity contribution in [1.82, 2.24) is 15.5 Å². The van der Waals surface area contributed by atoms with Gasteiger partial charge in [0.1, 0.15) is 11.6 Å². The number of nitrogens with zero attached hydrogens (tertiary/aromatic N) is 2. The molecule has 0 aliphatic carbocycles. The summed E-state index contributed by atoms with van der Waals surface area (Å²) in [6, 6.07) is 3.30. The first kappa shape index (κ1) is 11.2. The van der Waals surface area contributed by atoms with Crippen LogP contribution in [0.3, 0.4) is 0 Å². The van der Waals surface area contributed by atoms with Crippen LogP contribution in [-0.2, 0) is 4.79 Å². The number of carbonyl (C=O) groups excluding carboxylic acids is 1. The number of aromatic nitrogens is 2. The van der Waals surface area contributed by atoms with Gasteiger partial charge in [-0.1, -0.05) is 6.92 Å². The average molecular weight is 209 g/mol. The van der Waals surface area contributed by atoms with Gasteiger partial charge in [-0.25, -0.2) is 0 Å². The maximum atomic E-state index is 11.2. The molecule has 0 aliphatic rings. The summed E-state index contributed by atoms with van der Waals surface area (Å²) in [7, 11) is 0. The van der Waals surface area contributed by atoms with Gasteiger partial charge in [0.15, 0.2) is 0 Å². The van der Waals surface area contributed by atoms with Crippen LogP contribution in [0.2, 0.25) is 0 Å². The van der Waals surface area contributed by atoms with Gasteiger partial charge in [-0.3, -0.25) is 4.79 Å². The first-order chi connectivity index (χ1) is 7.22. The summed E-state index contributed by atoms with van der Waals surface area (Å²) < 4.78 is 0. The zero-order valence-corrected chi connectivity index (χ0v) is 8.66. The predicted molar refractivity (Wildman–Crippen MR) is 58.2 cm³/mol. The number of nitrogens with two attached hydrogens (primary N) is 1. The van der Waals surface area contributed by atoms with E-state index in [-0.39, 0.29) is 12.5 Å². The van der Waals surface area contributed by atoms with Crippen LogP contribution in [0.25, 0.3) is 0 Å². The molecular weight excluding hydrogens is 194 g/mol. The molecule has 0 aliphatic heterocycles. The fraction of sp³-hybridized carbons (Fsp3) is 0.444. The van der Waals surface area contributed by atoms with Crippen LogP contribution in [-0.4, -0.2) is 29.2 Å². The minimum absolute atomic E-state index is 0.0597. The second kappa shape index (κ2) is 5.79. The number of rotatable bonds is 5. The van der Waals surface area contributed by atoms with Crippen molar-refractivity contribution < 1.29 is 4.79 Å². The molecule has 0 spiro atoms. The Morgan fingerprint density at radius 2 is 2.27 bits per heavy atom. The van der Waals surface area contributed by atoms with E-state index >= 15 is 0 Å². The molecule has 4 N–H and O–H groups in total.